The summed E-state index contributed by atoms with van der Waals surface area (Å²) in [6, 6.07) is 18.6. The van der Waals surface area contributed by atoms with Gasteiger partial charge in [-0.05, 0) is 86.2 Å². The lowest BCUT2D eigenvalue weighted by Gasteiger charge is -2.40. The molecule has 1 aliphatic rings. The highest BCUT2D eigenvalue weighted by Crippen LogP contribution is 2.46. The first-order valence-electron chi connectivity index (χ1n) is 17.1. The summed E-state index contributed by atoms with van der Waals surface area (Å²) in [5.74, 6) is 0.0242. The Balaban J connectivity index is 1.46. The zero-order chi connectivity index (χ0) is 38.3. The molecule has 1 saturated heterocycles. The Morgan fingerprint density at radius 3 is 2.30 bits per heavy atom. The van der Waals surface area contributed by atoms with Gasteiger partial charge in [0.1, 0.15) is 17.5 Å². The van der Waals surface area contributed by atoms with Crippen molar-refractivity contribution < 1.29 is 38.0 Å². The van der Waals surface area contributed by atoms with Crippen LogP contribution in [0.1, 0.15) is 50.3 Å². The molecule has 12 heteroatoms. The SMILES string of the molecule is COC(=O)/C=C/c1ccc(CN(C(=O)OC(C)(C)C)C2CCN(c3ncc(-c4ccc(OC)c(O)c4)c(-c4ccc(C#N)c(F)c4)c3OC)CC2)cc1. The van der Waals surface area contributed by atoms with Crippen LogP contribution in [0.15, 0.2) is 72.9 Å². The number of pyridine rings is 1. The van der Waals surface area contributed by atoms with Gasteiger partial charge in [-0.1, -0.05) is 36.4 Å². The number of hydrogen-bond acceptors (Lipinski definition) is 10. The maximum absolute atomic E-state index is 15.1. The molecule has 0 unspecified atom stereocenters. The van der Waals surface area contributed by atoms with Crippen molar-refractivity contribution in [1.82, 2.24) is 9.88 Å². The number of hydrogen-bond donors (Lipinski definition) is 1. The molecular weight excluding hydrogens is 679 g/mol. The van der Waals surface area contributed by atoms with Crippen LogP contribution in [0.2, 0.25) is 0 Å². The minimum atomic E-state index is -0.695. The number of methoxy groups -OCH3 is 3. The fraction of sp³-hybridized carbons (Fsp3) is 0.317. The number of nitrogens with zero attached hydrogens (tertiary/aromatic N) is 4. The van der Waals surface area contributed by atoms with Crippen LogP contribution in [0.4, 0.5) is 15.0 Å². The lowest BCUT2D eigenvalue weighted by molar-refractivity contribution is -0.134. The first-order valence-corrected chi connectivity index (χ1v) is 17.1. The predicted octanol–water partition coefficient (Wildman–Crippen LogP) is 7.74. The standard InChI is InChI=1S/C41H43FN4O7/c1-41(2,3)53-40(49)46(25-27-9-7-26(8-10-27)11-16-36(48)51-5)31-17-19-45(20-18-31)39-38(52-6)37(29-12-13-30(23-43)33(42)21-29)32(24-44-39)28-14-15-35(50-4)34(47)22-28/h7-16,21-22,24,31,47H,17-20,25H2,1-6H3/b16-11+. The lowest BCUT2D eigenvalue weighted by atomic mass is 9.93. The summed E-state index contributed by atoms with van der Waals surface area (Å²) in [6.45, 7) is 6.86. The smallest absolute Gasteiger partial charge is 0.410 e. The largest absolute Gasteiger partial charge is 0.504 e. The number of amides is 1. The molecular formula is C41H43FN4O7. The number of phenolic OH excluding ortho intramolecular Hbond substituents is 1. The Kier molecular flexibility index (Phi) is 11.9. The average Bonchev–Trinajstić information content (AvgIpc) is 3.15. The Bertz CT molecular complexity index is 2030. The van der Waals surface area contributed by atoms with Crippen LogP contribution in [-0.4, -0.2) is 73.1 Å². The Labute approximate surface area is 308 Å². The van der Waals surface area contributed by atoms with Gasteiger partial charge < -0.3 is 33.9 Å². The van der Waals surface area contributed by atoms with E-state index in [2.05, 4.69) is 9.64 Å². The third-order valence-electron chi connectivity index (χ3n) is 8.87. The molecule has 0 spiro atoms. The Morgan fingerprint density at radius 1 is 1.02 bits per heavy atom. The van der Waals surface area contributed by atoms with Gasteiger partial charge in [0.25, 0.3) is 0 Å². The summed E-state index contributed by atoms with van der Waals surface area (Å²) >= 11 is 0. The summed E-state index contributed by atoms with van der Waals surface area (Å²) in [6.07, 6.45) is 5.45. The molecule has 3 aromatic carbocycles. The van der Waals surface area contributed by atoms with E-state index in [0.29, 0.717) is 72.0 Å². The number of nitriles is 1. The quantitative estimate of drug-likeness (QED) is 0.128. The van der Waals surface area contributed by atoms with Crippen LogP contribution in [0, 0.1) is 17.1 Å². The highest BCUT2D eigenvalue weighted by atomic mass is 19.1. The molecule has 0 aliphatic carbocycles. The van der Waals surface area contributed by atoms with E-state index in [1.807, 2.05) is 51.1 Å². The van der Waals surface area contributed by atoms with Gasteiger partial charge in [0.05, 0.1) is 26.9 Å². The number of rotatable bonds is 10. The van der Waals surface area contributed by atoms with Gasteiger partial charge in [-0.3, -0.25) is 0 Å². The van der Waals surface area contributed by atoms with E-state index in [9.17, 15) is 20.0 Å². The minimum absolute atomic E-state index is 0.0760. The number of piperidine rings is 1. The number of aromatic nitrogens is 1. The van der Waals surface area contributed by atoms with E-state index >= 15 is 4.39 Å². The fourth-order valence-electron chi connectivity index (χ4n) is 6.24. The molecule has 5 rings (SSSR count). The minimum Gasteiger partial charge on any atom is -0.504 e. The van der Waals surface area contributed by atoms with Gasteiger partial charge in [0.15, 0.2) is 23.1 Å². The number of carbonyl (C=O) groups excluding carboxylic acids is 2. The van der Waals surface area contributed by atoms with E-state index in [1.54, 1.807) is 41.4 Å². The lowest BCUT2D eigenvalue weighted by Crippen LogP contribution is -2.48. The van der Waals surface area contributed by atoms with Crippen LogP contribution in [0.5, 0.6) is 17.2 Å². The second kappa shape index (κ2) is 16.5. The molecule has 4 aromatic rings. The molecule has 0 radical (unpaired) electrons. The van der Waals surface area contributed by atoms with Crippen molar-refractivity contribution in [2.75, 3.05) is 39.3 Å². The highest BCUT2D eigenvalue weighted by molar-refractivity contribution is 5.91. The van der Waals surface area contributed by atoms with Crippen LogP contribution >= 0.6 is 0 Å². The number of phenols is 1. The molecule has 0 saturated carbocycles. The van der Waals surface area contributed by atoms with Crippen LogP contribution in [0.25, 0.3) is 28.3 Å². The summed E-state index contributed by atoms with van der Waals surface area (Å²) in [5.41, 5.74) is 3.10. The molecule has 0 atom stereocenters. The number of benzene rings is 3. The van der Waals surface area contributed by atoms with Gasteiger partial charge in [-0.25, -0.2) is 19.0 Å². The first kappa shape index (κ1) is 38.1. The number of esters is 1. The molecule has 1 aliphatic heterocycles. The summed E-state index contributed by atoms with van der Waals surface area (Å²) < 4.78 is 36.8. The number of anilines is 1. The summed E-state index contributed by atoms with van der Waals surface area (Å²) in [7, 11) is 4.30. The molecule has 0 bridgehead atoms. The molecule has 1 fully saturated rings. The molecule has 276 valence electrons. The summed E-state index contributed by atoms with van der Waals surface area (Å²) in [5, 5.41) is 20.0. The normalized spacial score (nSPS) is 13.4. The van der Waals surface area contributed by atoms with Crippen molar-refractivity contribution in [2.24, 2.45) is 0 Å². The van der Waals surface area contributed by atoms with Crippen molar-refractivity contribution in [3.05, 3.63) is 95.4 Å². The van der Waals surface area contributed by atoms with Gasteiger partial charge in [0.2, 0.25) is 0 Å². The van der Waals surface area contributed by atoms with Crippen LogP contribution in [-0.2, 0) is 20.8 Å². The second-order valence-corrected chi connectivity index (χ2v) is 13.5. The molecule has 1 aromatic heterocycles. The third kappa shape index (κ3) is 9.05. The van der Waals surface area contributed by atoms with Crippen molar-refractivity contribution in [3.8, 4) is 45.6 Å². The van der Waals surface area contributed by atoms with Gasteiger partial charge in [-0.2, -0.15) is 5.26 Å². The zero-order valence-electron chi connectivity index (χ0n) is 30.7. The molecule has 11 nitrogen and oxygen atoms in total. The maximum Gasteiger partial charge on any atom is 0.410 e. The fourth-order valence-corrected chi connectivity index (χ4v) is 6.24. The van der Waals surface area contributed by atoms with E-state index in [0.717, 1.165) is 11.1 Å². The van der Waals surface area contributed by atoms with Gasteiger partial charge in [0, 0.05) is 49.1 Å². The molecule has 1 amide bonds. The van der Waals surface area contributed by atoms with Crippen molar-refractivity contribution >= 4 is 24.0 Å². The topological polar surface area (TPSA) is 134 Å². The predicted molar refractivity (Wildman–Crippen MR) is 199 cm³/mol. The number of halogens is 1. The average molecular weight is 723 g/mol. The van der Waals surface area contributed by atoms with Gasteiger partial charge >= 0.3 is 12.1 Å². The first-order chi connectivity index (χ1) is 25.3. The van der Waals surface area contributed by atoms with Crippen LogP contribution in [0.3, 0.4) is 0 Å². The summed E-state index contributed by atoms with van der Waals surface area (Å²) in [4.78, 5) is 33.8. The van der Waals surface area contributed by atoms with Crippen LogP contribution < -0.4 is 14.4 Å². The molecule has 53 heavy (non-hydrogen) atoms. The third-order valence-corrected chi connectivity index (χ3v) is 8.87. The Hall–Kier alpha value is -6.09. The number of aromatic hydroxyl groups is 1. The van der Waals surface area contributed by atoms with E-state index < -0.39 is 23.5 Å². The number of ether oxygens (including phenoxy) is 4. The van der Waals surface area contributed by atoms with E-state index in [1.165, 1.54) is 39.5 Å². The monoisotopic (exact) mass is 722 g/mol. The van der Waals surface area contributed by atoms with Crippen molar-refractivity contribution in [3.63, 3.8) is 0 Å². The van der Waals surface area contributed by atoms with E-state index in [4.69, 9.17) is 19.2 Å². The zero-order valence-corrected chi connectivity index (χ0v) is 30.7. The second-order valence-electron chi connectivity index (χ2n) is 13.5. The van der Waals surface area contributed by atoms with Crippen molar-refractivity contribution in [1.29, 1.82) is 5.26 Å². The Morgan fingerprint density at radius 2 is 1.72 bits per heavy atom. The van der Waals surface area contributed by atoms with Crippen molar-refractivity contribution in [2.45, 2.75) is 51.8 Å². The molecule has 1 N–H and O–H groups in total. The molecule has 2 heterocycles. The van der Waals surface area contributed by atoms with E-state index in [-0.39, 0.29) is 17.4 Å². The van der Waals surface area contributed by atoms with Gasteiger partial charge in [-0.15, -0.1) is 0 Å². The maximum atomic E-state index is 15.1. The highest BCUT2D eigenvalue weighted by Gasteiger charge is 2.33. The number of carbonyl (C=O) groups is 2.